The first-order chi connectivity index (χ1) is 21.8. The number of furan rings is 1. The minimum atomic E-state index is 0.920. The van der Waals surface area contributed by atoms with Crippen LogP contribution in [0, 0.1) is 0 Å². The quantitative estimate of drug-likeness (QED) is 0.210. The SMILES string of the molecule is c1ccc2c(c1)oc1c(-c3ccc4[nH]c5c(-c6ccc7c8ccccc8c8ccccc8c7c6)cccc5c4c3)cccc12. The van der Waals surface area contributed by atoms with Gasteiger partial charge in [0.25, 0.3) is 0 Å². The number of rotatable bonds is 2. The number of nitrogens with one attached hydrogen (secondary N) is 1. The van der Waals surface area contributed by atoms with E-state index in [0.29, 0.717) is 0 Å². The molecule has 0 saturated carbocycles. The maximum atomic E-state index is 6.38. The lowest BCUT2D eigenvalue weighted by molar-refractivity contribution is 0.670. The lowest BCUT2D eigenvalue weighted by Gasteiger charge is -2.12. The Balaban J connectivity index is 1.18. The van der Waals surface area contributed by atoms with Crippen LogP contribution in [0.25, 0.3) is 98.3 Å². The topological polar surface area (TPSA) is 28.9 Å². The summed E-state index contributed by atoms with van der Waals surface area (Å²) in [4.78, 5) is 3.77. The molecule has 0 spiro atoms. The summed E-state index contributed by atoms with van der Waals surface area (Å²) in [5, 5.41) is 12.5. The van der Waals surface area contributed by atoms with Crippen molar-refractivity contribution in [3.05, 3.63) is 146 Å². The summed E-state index contributed by atoms with van der Waals surface area (Å²) in [6.07, 6.45) is 0. The highest BCUT2D eigenvalue weighted by Crippen LogP contribution is 2.41. The third-order valence-corrected chi connectivity index (χ3v) is 9.40. The highest BCUT2D eigenvalue weighted by Gasteiger charge is 2.16. The normalized spacial score (nSPS) is 12.1. The average Bonchev–Trinajstić information content (AvgIpc) is 3.66. The van der Waals surface area contributed by atoms with E-state index in [1.165, 1.54) is 54.2 Å². The fourth-order valence-electron chi connectivity index (χ4n) is 7.38. The largest absolute Gasteiger partial charge is 0.455 e. The Kier molecular flexibility index (Phi) is 4.75. The van der Waals surface area contributed by atoms with Crippen molar-refractivity contribution in [3.63, 3.8) is 0 Å². The third kappa shape index (κ3) is 3.25. The fraction of sp³-hybridized carbons (Fsp3) is 0. The molecule has 1 N–H and O–H groups in total. The molecular weight excluding hydrogens is 534 g/mol. The Morgan fingerprint density at radius 3 is 1.68 bits per heavy atom. The zero-order valence-electron chi connectivity index (χ0n) is 23.8. The van der Waals surface area contributed by atoms with E-state index in [0.717, 1.165) is 44.1 Å². The van der Waals surface area contributed by atoms with Crippen molar-refractivity contribution in [3.8, 4) is 22.3 Å². The van der Waals surface area contributed by atoms with Crippen molar-refractivity contribution in [1.82, 2.24) is 4.98 Å². The second-order valence-corrected chi connectivity index (χ2v) is 11.7. The summed E-state index contributed by atoms with van der Waals surface area (Å²) in [5.74, 6) is 0. The van der Waals surface area contributed by atoms with Crippen molar-refractivity contribution >= 4 is 76.1 Å². The first-order valence-electron chi connectivity index (χ1n) is 15.1. The Labute approximate surface area is 252 Å². The average molecular weight is 560 g/mol. The fourth-order valence-corrected chi connectivity index (χ4v) is 7.38. The molecule has 0 unspecified atom stereocenters. The van der Waals surface area contributed by atoms with Crippen molar-refractivity contribution in [2.45, 2.75) is 0 Å². The molecule has 0 atom stereocenters. The monoisotopic (exact) mass is 559 g/mol. The first kappa shape index (κ1) is 23.7. The standard InChI is InChI=1S/C42H25NO/c1-2-11-31-29(9-1)30-10-3-4-12-32(30)37-23-25(19-21-33(31)37)27-14-7-16-35-38-24-26(20-22-39(38)43-41(27)35)28-15-8-17-36-34-13-5-6-18-40(34)44-42(28)36/h1-24,43H. The molecule has 10 aromatic rings. The summed E-state index contributed by atoms with van der Waals surface area (Å²) in [6.45, 7) is 0. The Bertz CT molecular complexity index is 2740. The predicted octanol–water partition coefficient (Wildman–Crippen LogP) is 12.0. The van der Waals surface area contributed by atoms with E-state index in [9.17, 15) is 0 Å². The van der Waals surface area contributed by atoms with Gasteiger partial charge in [0.05, 0.1) is 5.52 Å². The van der Waals surface area contributed by atoms with Gasteiger partial charge in [-0.3, -0.25) is 0 Å². The van der Waals surface area contributed by atoms with Crippen LogP contribution in [0.1, 0.15) is 0 Å². The van der Waals surface area contributed by atoms with E-state index < -0.39 is 0 Å². The molecule has 0 fully saturated rings. The second-order valence-electron chi connectivity index (χ2n) is 11.7. The Morgan fingerprint density at radius 2 is 0.909 bits per heavy atom. The Hall–Kier alpha value is -5.86. The molecule has 10 rings (SSSR count). The molecule has 0 aliphatic heterocycles. The van der Waals surface area contributed by atoms with Crippen LogP contribution >= 0.6 is 0 Å². The Morgan fingerprint density at radius 1 is 0.364 bits per heavy atom. The van der Waals surface area contributed by atoms with E-state index in [-0.39, 0.29) is 0 Å². The number of hydrogen-bond acceptors (Lipinski definition) is 1. The van der Waals surface area contributed by atoms with Gasteiger partial charge in [-0.05, 0) is 67.7 Å². The molecule has 2 nitrogen and oxygen atoms in total. The number of benzene rings is 8. The van der Waals surface area contributed by atoms with Gasteiger partial charge in [-0.25, -0.2) is 0 Å². The van der Waals surface area contributed by atoms with Gasteiger partial charge < -0.3 is 9.40 Å². The molecule has 0 aliphatic carbocycles. The molecule has 44 heavy (non-hydrogen) atoms. The summed E-state index contributed by atoms with van der Waals surface area (Å²) in [7, 11) is 0. The van der Waals surface area contributed by atoms with Crippen molar-refractivity contribution in [2.24, 2.45) is 0 Å². The molecule has 2 heterocycles. The molecule has 0 radical (unpaired) electrons. The van der Waals surface area contributed by atoms with Crippen LogP contribution in [0.5, 0.6) is 0 Å². The number of aromatic nitrogens is 1. The molecule has 0 bridgehead atoms. The molecule has 2 aromatic heterocycles. The number of H-pyrrole nitrogens is 1. The zero-order valence-corrected chi connectivity index (χ0v) is 23.8. The molecule has 204 valence electrons. The first-order valence-corrected chi connectivity index (χ1v) is 15.1. The zero-order chi connectivity index (χ0) is 28.8. The lowest BCUT2D eigenvalue weighted by atomic mass is 9.91. The highest BCUT2D eigenvalue weighted by molar-refractivity contribution is 6.26. The van der Waals surface area contributed by atoms with Gasteiger partial charge in [0, 0.05) is 38.2 Å². The number of aromatic amines is 1. The molecule has 8 aromatic carbocycles. The summed E-state index contributed by atoms with van der Waals surface area (Å²) in [5.41, 5.74) is 8.82. The molecule has 0 aliphatic rings. The predicted molar refractivity (Wildman–Crippen MR) is 186 cm³/mol. The smallest absolute Gasteiger partial charge is 0.143 e. The number of hydrogen-bond donors (Lipinski definition) is 1. The van der Waals surface area contributed by atoms with Crippen LogP contribution in [0.4, 0.5) is 0 Å². The third-order valence-electron chi connectivity index (χ3n) is 9.40. The molecule has 2 heteroatoms. The van der Waals surface area contributed by atoms with Gasteiger partial charge in [-0.1, -0.05) is 121 Å². The summed E-state index contributed by atoms with van der Waals surface area (Å²) >= 11 is 0. The summed E-state index contributed by atoms with van der Waals surface area (Å²) in [6, 6.07) is 52.5. The van der Waals surface area contributed by atoms with E-state index in [1.807, 2.05) is 12.1 Å². The van der Waals surface area contributed by atoms with E-state index >= 15 is 0 Å². The van der Waals surface area contributed by atoms with Crippen molar-refractivity contribution < 1.29 is 4.42 Å². The molecular formula is C42H25NO. The second kappa shape index (κ2) is 8.82. The minimum absolute atomic E-state index is 0.920. The van der Waals surface area contributed by atoms with Gasteiger partial charge in [-0.2, -0.15) is 0 Å². The molecule has 0 saturated heterocycles. The highest BCUT2D eigenvalue weighted by atomic mass is 16.3. The maximum Gasteiger partial charge on any atom is 0.143 e. The molecule has 0 amide bonds. The van der Waals surface area contributed by atoms with E-state index in [4.69, 9.17) is 4.42 Å². The van der Waals surface area contributed by atoms with Crippen LogP contribution < -0.4 is 0 Å². The van der Waals surface area contributed by atoms with Gasteiger partial charge in [0.2, 0.25) is 0 Å². The maximum absolute atomic E-state index is 6.38. The van der Waals surface area contributed by atoms with Gasteiger partial charge in [0.1, 0.15) is 11.2 Å². The van der Waals surface area contributed by atoms with Crippen LogP contribution in [-0.2, 0) is 0 Å². The van der Waals surface area contributed by atoms with Crippen LogP contribution in [0.2, 0.25) is 0 Å². The van der Waals surface area contributed by atoms with Gasteiger partial charge in [0.15, 0.2) is 0 Å². The number of fused-ring (bicyclic) bond motifs is 12. The van der Waals surface area contributed by atoms with Gasteiger partial charge >= 0.3 is 0 Å². The number of para-hydroxylation sites is 3. The van der Waals surface area contributed by atoms with Crippen LogP contribution in [0.3, 0.4) is 0 Å². The summed E-state index contributed by atoms with van der Waals surface area (Å²) < 4.78 is 6.38. The van der Waals surface area contributed by atoms with Gasteiger partial charge in [-0.15, -0.1) is 0 Å². The van der Waals surface area contributed by atoms with Crippen molar-refractivity contribution in [2.75, 3.05) is 0 Å². The van der Waals surface area contributed by atoms with Crippen molar-refractivity contribution in [1.29, 1.82) is 0 Å². The lowest BCUT2D eigenvalue weighted by Crippen LogP contribution is -1.85. The van der Waals surface area contributed by atoms with Crippen LogP contribution in [-0.4, -0.2) is 4.98 Å². The van der Waals surface area contributed by atoms with E-state index in [2.05, 4.69) is 138 Å². The minimum Gasteiger partial charge on any atom is -0.455 e. The van der Waals surface area contributed by atoms with E-state index in [1.54, 1.807) is 0 Å². The van der Waals surface area contributed by atoms with Crippen LogP contribution in [0.15, 0.2) is 150 Å².